The van der Waals surface area contributed by atoms with Gasteiger partial charge in [-0.2, -0.15) is 0 Å². The standard InChI is InChI=1S/C13H14F3NO/c14-9-6-10(15)12(11(16)7-9)18-13-2-1-4-17(8-13)5-3-13/h6-7H,1-5,8H2/t13-/m0/s1. The Bertz CT molecular complexity index is 452. The highest BCUT2D eigenvalue weighted by atomic mass is 19.1. The molecular formula is C13H14F3NO. The molecular weight excluding hydrogens is 243 g/mol. The van der Waals surface area contributed by atoms with Crippen LogP contribution in [0.1, 0.15) is 19.3 Å². The summed E-state index contributed by atoms with van der Waals surface area (Å²) in [5, 5.41) is 0. The van der Waals surface area contributed by atoms with E-state index in [4.69, 9.17) is 4.74 Å². The zero-order valence-corrected chi connectivity index (χ0v) is 9.89. The van der Waals surface area contributed by atoms with Crippen LogP contribution in [0.4, 0.5) is 13.2 Å². The van der Waals surface area contributed by atoms with Crippen molar-refractivity contribution in [2.75, 3.05) is 19.6 Å². The molecule has 0 aliphatic carbocycles. The first-order valence-corrected chi connectivity index (χ1v) is 6.14. The molecule has 0 amide bonds. The number of fused-ring (bicyclic) bond motifs is 2. The molecule has 5 heteroatoms. The molecule has 1 aromatic carbocycles. The molecule has 2 saturated heterocycles. The van der Waals surface area contributed by atoms with Crippen LogP contribution in [-0.2, 0) is 0 Å². The van der Waals surface area contributed by atoms with Gasteiger partial charge in [-0.25, -0.2) is 13.2 Å². The van der Waals surface area contributed by atoms with E-state index in [1.165, 1.54) is 0 Å². The molecule has 2 heterocycles. The van der Waals surface area contributed by atoms with Gasteiger partial charge in [-0.3, -0.25) is 4.90 Å². The first-order valence-electron chi connectivity index (χ1n) is 6.14. The van der Waals surface area contributed by atoms with E-state index in [-0.39, 0.29) is 0 Å². The van der Waals surface area contributed by atoms with Gasteiger partial charge in [-0.15, -0.1) is 0 Å². The van der Waals surface area contributed by atoms with Crippen LogP contribution in [-0.4, -0.2) is 30.1 Å². The second-order valence-electron chi connectivity index (χ2n) is 5.11. The third kappa shape index (κ3) is 1.96. The van der Waals surface area contributed by atoms with Crippen LogP contribution in [0.3, 0.4) is 0 Å². The first-order chi connectivity index (χ1) is 8.58. The number of rotatable bonds is 2. The Balaban J connectivity index is 1.89. The van der Waals surface area contributed by atoms with E-state index >= 15 is 0 Å². The van der Waals surface area contributed by atoms with Gasteiger partial charge in [-0.1, -0.05) is 0 Å². The monoisotopic (exact) mass is 257 g/mol. The third-order valence-corrected chi connectivity index (χ3v) is 3.78. The number of benzene rings is 1. The normalized spacial score (nSPS) is 30.5. The summed E-state index contributed by atoms with van der Waals surface area (Å²) in [6.07, 6.45) is 2.52. The highest BCUT2D eigenvalue weighted by Crippen LogP contribution is 2.37. The van der Waals surface area contributed by atoms with Crippen molar-refractivity contribution in [2.24, 2.45) is 0 Å². The van der Waals surface area contributed by atoms with Crippen molar-refractivity contribution in [3.8, 4) is 5.75 Å². The van der Waals surface area contributed by atoms with Gasteiger partial charge in [-0.05, 0) is 19.4 Å². The average molecular weight is 257 g/mol. The van der Waals surface area contributed by atoms with Crippen molar-refractivity contribution in [1.82, 2.24) is 4.90 Å². The van der Waals surface area contributed by atoms with Gasteiger partial charge in [0.2, 0.25) is 0 Å². The minimum atomic E-state index is -0.967. The molecule has 0 saturated carbocycles. The second kappa shape index (κ2) is 4.16. The Morgan fingerprint density at radius 1 is 1.06 bits per heavy atom. The molecule has 0 aromatic heterocycles. The molecule has 2 atom stereocenters. The van der Waals surface area contributed by atoms with Crippen molar-refractivity contribution >= 4 is 0 Å². The molecule has 1 aromatic rings. The van der Waals surface area contributed by atoms with Gasteiger partial charge in [0, 0.05) is 31.6 Å². The summed E-state index contributed by atoms with van der Waals surface area (Å²) < 4.78 is 45.6. The fourth-order valence-corrected chi connectivity index (χ4v) is 2.92. The van der Waals surface area contributed by atoms with Gasteiger partial charge in [0.25, 0.3) is 0 Å². The molecule has 2 bridgehead atoms. The summed E-state index contributed by atoms with van der Waals surface area (Å²) >= 11 is 0. The van der Waals surface area contributed by atoms with Crippen molar-refractivity contribution in [3.63, 3.8) is 0 Å². The lowest BCUT2D eigenvalue weighted by molar-refractivity contribution is 0.0375. The fourth-order valence-electron chi connectivity index (χ4n) is 2.92. The average Bonchev–Trinajstić information content (AvgIpc) is 2.60. The van der Waals surface area contributed by atoms with Crippen LogP contribution >= 0.6 is 0 Å². The summed E-state index contributed by atoms with van der Waals surface area (Å²) in [7, 11) is 0. The SMILES string of the molecule is Fc1cc(F)c(O[C@@]23CCCN(CC2)C3)c(F)c1. The van der Waals surface area contributed by atoms with E-state index in [0.717, 1.165) is 32.4 Å². The predicted octanol–water partition coefficient (Wildman–Crippen LogP) is 2.72. The van der Waals surface area contributed by atoms with Crippen LogP contribution in [0.2, 0.25) is 0 Å². The molecule has 2 aliphatic rings. The van der Waals surface area contributed by atoms with Crippen molar-refractivity contribution in [1.29, 1.82) is 0 Å². The maximum absolute atomic E-state index is 13.6. The molecule has 2 aliphatic heterocycles. The number of ether oxygens (including phenoxy) is 1. The predicted molar refractivity (Wildman–Crippen MR) is 60.0 cm³/mol. The quantitative estimate of drug-likeness (QED) is 0.807. The zero-order valence-electron chi connectivity index (χ0n) is 9.89. The highest BCUT2D eigenvalue weighted by Gasteiger charge is 2.43. The number of piperidine rings is 1. The number of nitrogens with zero attached hydrogens (tertiary/aromatic N) is 1. The molecule has 3 rings (SSSR count). The maximum atomic E-state index is 13.6. The fraction of sp³-hybridized carbons (Fsp3) is 0.538. The van der Waals surface area contributed by atoms with E-state index in [9.17, 15) is 13.2 Å². The lowest BCUT2D eigenvalue weighted by Crippen LogP contribution is -2.43. The largest absolute Gasteiger partial charge is 0.480 e. The summed E-state index contributed by atoms with van der Waals surface area (Å²) in [6, 6.07) is 1.31. The lowest BCUT2D eigenvalue weighted by atomic mass is 9.94. The first kappa shape index (κ1) is 11.8. The minimum absolute atomic E-state index is 0.444. The van der Waals surface area contributed by atoms with Crippen LogP contribution in [0.15, 0.2) is 12.1 Å². The Morgan fingerprint density at radius 2 is 1.78 bits per heavy atom. The summed E-state index contributed by atoms with van der Waals surface area (Å²) in [5.41, 5.74) is -0.502. The Labute approximate surface area is 103 Å². The minimum Gasteiger partial charge on any atom is -0.480 e. The van der Waals surface area contributed by atoms with Crippen LogP contribution < -0.4 is 4.74 Å². The smallest absolute Gasteiger partial charge is 0.191 e. The van der Waals surface area contributed by atoms with Crippen molar-refractivity contribution < 1.29 is 17.9 Å². The molecule has 0 N–H and O–H groups in total. The molecule has 18 heavy (non-hydrogen) atoms. The second-order valence-corrected chi connectivity index (χ2v) is 5.11. The van der Waals surface area contributed by atoms with Crippen LogP contribution in [0.5, 0.6) is 5.75 Å². The zero-order chi connectivity index (χ0) is 12.8. The van der Waals surface area contributed by atoms with Crippen molar-refractivity contribution in [3.05, 3.63) is 29.6 Å². The summed E-state index contributed by atoms with van der Waals surface area (Å²) in [5.74, 6) is -3.30. The van der Waals surface area contributed by atoms with Gasteiger partial charge in [0.15, 0.2) is 17.4 Å². The molecule has 0 spiro atoms. The summed E-state index contributed by atoms with van der Waals surface area (Å²) in [4.78, 5) is 2.23. The van der Waals surface area contributed by atoms with E-state index < -0.39 is 28.8 Å². The number of halogens is 3. The summed E-state index contributed by atoms with van der Waals surface area (Å²) in [6.45, 7) is 2.60. The maximum Gasteiger partial charge on any atom is 0.191 e. The topological polar surface area (TPSA) is 12.5 Å². The molecule has 2 nitrogen and oxygen atoms in total. The van der Waals surface area contributed by atoms with E-state index in [1.54, 1.807) is 0 Å². The Kier molecular flexibility index (Phi) is 2.73. The van der Waals surface area contributed by atoms with Gasteiger partial charge in [0.05, 0.1) is 0 Å². The highest BCUT2D eigenvalue weighted by molar-refractivity contribution is 5.28. The van der Waals surface area contributed by atoms with Gasteiger partial charge in [0.1, 0.15) is 11.4 Å². The Hall–Kier alpha value is -1.23. The molecule has 1 unspecified atom stereocenters. The van der Waals surface area contributed by atoms with Crippen LogP contribution in [0.25, 0.3) is 0 Å². The van der Waals surface area contributed by atoms with Crippen LogP contribution in [0, 0.1) is 17.5 Å². The van der Waals surface area contributed by atoms with E-state index in [2.05, 4.69) is 4.90 Å². The molecule has 0 radical (unpaired) electrons. The van der Waals surface area contributed by atoms with Gasteiger partial charge < -0.3 is 4.74 Å². The number of hydrogen-bond acceptors (Lipinski definition) is 2. The Morgan fingerprint density at radius 3 is 2.50 bits per heavy atom. The van der Waals surface area contributed by atoms with E-state index in [0.29, 0.717) is 18.7 Å². The number of hydrogen-bond donors (Lipinski definition) is 0. The third-order valence-electron chi connectivity index (χ3n) is 3.78. The lowest BCUT2D eigenvalue weighted by Gasteiger charge is -2.34. The van der Waals surface area contributed by atoms with Crippen molar-refractivity contribution in [2.45, 2.75) is 24.9 Å². The molecule has 98 valence electrons. The van der Waals surface area contributed by atoms with Gasteiger partial charge >= 0.3 is 0 Å². The van der Waals surface area contributed by atoms with E-state index in [1.807, 2.05) is 0 Å². The molecule has 2 fully saturated rings.